The van der Waals surface area contributed by atoms with Crippen LogP contribution >= 0.6 is 0 Å². The minimum atomic E-state index is -3.35. The second-order valence-electron chi connectivity index (χ2n) is 4.81. The van der Waals surface area contributed by atoms with Gasteiger partial charge in [-0.3, -0.25) is 4.90 Å². The molecule has 6 heteroatoms. The Kier molecular flexibility index (Phi) is 5.85. The fraction of sp³-hybridized carbons (Fsp3) is 1.00. The average Bonchev–Trinajstić information content (AvgIpc) is 2.26. The lowest BCUT2D eigenvalue weighted by Gasteiger charge is -2.39. The van der Waals surface area contributed by atoms with E-state index in [1.165, 1.54) is 6.42 Å². The van der Waals surface area contributed by atoms with Crippen molar-refractivity contribution < 1.29 is 8.42 Å². The number of nitrogens with one attached hydrogen (secondary N) is 1. The highest BCUT2D eigenvalue weighted by molar-refractivity contribution is 7.89. The minimum Gasteiger partial charge on any atom is -0.313 e. The normalized spacial score (nSPS) is 24.8. The Labute approximate surface area is 105 Å². The molecule has 1 aliphatic heterocycles. The number of hydrogen-bond donors (Lipinski definition) is 2. The topological polar surface area (TPSA) is 75.4 Å². The molecule has 0 radical (unpaired) electrons. The van der Waals surface area contributed by atoms with Crippen LogP contribution in [0.1, 0.15) is 33.1 Å². The van der Waals surface area contributed by atoms with Crippen LogP contribution in [0.5, 0.6) is 0 Å². The van der Waals surface area contributed by atoms with Gasteiger partial charge in [0, 0.05) is 18.6 Å². The second-order valence-corrected chi connectivity index (χ2v) is 6.55. The van der Waals surface area contributed by atoms with Gasteiger partial charge in [-0.2, -0.15) is 0 Å². The summed E-state index contributed by atoms with van der Waals surface area (Å²) in [5.74, 6) is 0.0579. The number of piperidine rings is 1. The largest absolute Gasteiger partial charge is 0.313 e. The third kappa shape index (κ3) is 5.33. The number of likely N-dealkylation sites (N-methyl/N-ethyl adjacent to an activating group) is 1. The Morgan fingerprint density at radius 3 is 2.76 bits per heavy atom. The number of nitrogens with two attached hydrogens (primary N) is 1. The molecule has 102 valence electrons. The molecule has 0 amide bonds. The van der Waals surface area contributed by atoms with E-state index in [0.717, 1.165) is 25.9 Å². The number of rotatable bonds is 6. The lowest BCUT2D eigenvalue weighted by atomic mass is 9.96. The van der Waals surface area contributed by atoms with Crippen molar-refractivity contribution in [3.8, 4) is 0 Å². The summed E-state index contributed by atoms with van der Waals surface area (Å²) in [5.41, 5.74) is 0. The first-order chi connectivity index (χ1) is 7.94. The fourth-order valence-electron chi connectivity index (χ4n) is 2.56. The van der Waals surface area contributed by atoms with Gasteiger partial charge in [0.1, 0.15) is 0 Å². The van der Waals surface area contributed by atoms with E-state index in [2.05, 4.69) is 24.1 Å². The zero-order valence-electron chi connectivity index (χ0n) is 10.9. The van der Waals surface area contributed by atoms with E-state index in [0.29, 0.717) is 18.6 Å². The molecular formula is C11H25N3O2S. The molecule has 0 aromatic rings. The minimum absolute atomic E-state index is 0.0579. The van der Waals surface area contributed by atoms with Crippen molar-refractivity contribution in [3.63, 3.8) is 0 Å². The van der Waals surface area contributed by atoms with Gasteiger partial charge in [-0.05, 0) is 32.9 Å². The van der Waals surface area contributed by atoms with Crippen molar-refractivity contribution in [2.45, 2.75) is 45.2 Å². The first-order valence-corrected chi connectivity index (χ1v) is 8.13. The van der Waals surface area contributed by atoms with Crippen LogP contribution in [0.3, 0.4) is 0 Å². The van der Waals surface area contributed by atoms with E-state index in [1.807, 2.05) is 0 Å². The van der Waals surface area contributed by atoms with Crippen molar-refractivity contribution in [2.75, 3.05) is 25.4 Å². The lowest BCUT2D eigenvalue weighted by molar-refractivity contribution is 0.127. The van der Waals surface area contributed by atoms with Crippen molar-refractivity contribution in [1.82, 2.24) is 10.2 Å². The summed E-state index contributed by atoms with van der Waals surface area (Å²) in [4.78, 5) is 2.27. The van der Waals surface area contributed by atoms with Crippen molar-refractivity contribution in [2.24, 2.45) is 5.14 Å². The van der Waals surface area contributed by atoms with E-state index in [-0.39, 0.29) is 5.75 Å². The van der Waals surface area contributed by atoms with Gasteiger partial charge >= 0.3 is 0 Å². The molecule has 0 spiro atoms. The van der Waals surface area contributed by atoms with Gasteiger partial charge in [-0.25, -0.2) is 13.6 Å². The lowest BCUT2D eigenvalue weighted by Crippen LogP contribution is -2.52. The van der Waals surface area contributed by atoms with Gasteiger partial charge in [0.15, 0.2) is 0 Å². The van der Waals surface area contributed by atoms with Gasteiger partial charge in [0.05, 0.1) is 5.75 Å². The smallest absolute Gasteiger partial charge is 0.210 e. The monoisotopic (exact) mass is 263 g/mol. The summed E-state index contributed by atoms with van der Waals surface area (Å²) in [6.07, 6.45) is 3.52. The predicted molar refractivity (Wildman–Crippen MR) is 70.3 cm³/mol. The molecule has 0 bridgehead atoms. The van der Waals surface area contributed by atoms with E-state index in [1.54, 1.807) is 0 Å². The highest BCUT2D eigenvalue weighted by Gasteiger charge is 2.27. The third-order valence-corrected chi connectivity index (χ3v) is 4.18. The van der Waals surface area contributed by atoms with E-state index >= 15 is 0 Å². The van der Waals surface area contributed by atoms with E-state index in [9.17, 15) is 8.42 Å². The molecule has 1 heterocycles. The zero-order valence-corrected chi connectivity index (χ0v) is 11.7. The quantitative estimate of drug-likeness (QED) is 0.714. The number of primary sulfonamides is 1. The Morgan fingerprint density at radius 2 is 2.18 bits per heavy atom. The van der Waals surface area contributed by atoms with Crippen LogP contribution in [0.25, 0.3) is 0 Å². The van der Waals surface area contributed by atoms with Crippen LogP contribution in [-0.2, 0) is 10.0 Å². The molecule has 1 fully saturated rings. The van der Waals surface area contributed by atoms with Gasteiger partial charge in [-0.1, -0.05) is 13.3 Å². The zero-order chi connectivity index (χ0) is 12.9. The van der Waals surface area contributed by atoms with E-state index < -0.39 is 10.0 Å². The molecular weight excluding hydrogens is 238 g/mol. The molecule has 1 saturated heterocycles. The Balaban J connectivity index is 2.53. The highest BCUT2D eigenvalue weighted by Crippen LogP contribution is 2.19. The molecule has 0 saturated carbocycles. The summed E-state index contributed by atoms with van der Waals surface area (Å²) in [6.45, 7) is 6.74. The Bertz CT molecular complexity index is 319. The molecule has 0 aromatic carbocycles. The third-order valence-electron chi connectivity index (χ3n) is 3.43. The van der Waals surface area contributed by atoms with Crippen LogP contribution < -0.4 is 10.5 Å². The number of hydrogen-bond acceptors (Lipinski definition) is 4. The molecule has 17 heavy (non-hydrogen) atoms. The van der Waals surface area contributed by atoms with Gasteiger partial charge in [0.25, 0.3) is 0 Å². The maximum absolute atomic E-state index is 11.0. The molecule has 5 nitrogen and oxygen atoms in total. The molecule has 0 aliphatic carbocycles. The predicted octanol–water partition coefficient (Wildman–Crippen LogP) is 0.127. The molecule has 2 unspecified atom stereocenters. The Morgan fingerprint density at radius 1 is 1.47 bits per heavy atom. The molecule has 0 aromatic heterocycles. The van der Waals surface area contributed by atoms with Crippen molar-refractivity contribution in [1.29, 1.82) is 0 Å². The number of sulfonamides is 1. The molecule has 1 rings (SSSR count). The summed E-state index contributed by atoms with van der Waals surface area (Å²) in [6, 6.07) is 0.839. The first-order valence-electron chi connectivity index (χ1n) is 6.42. The van der Waals surface area contributed by atoms with Crippen LogP contribution in [-0.4, -0.2) is 50.8 Å². The van der Waals surface area contributed by atoms with Gasteiger partial charge in [-0.15, -0.1) is 0 Å². The average molecular weight is 263 g/mol. The maximum atomic E-state index is 11.0. The first kappa shape index (κ1) is 14.9. The Hall–Kier alpha value is -0.170. The van der Waals surface area contributed by atoms with Crippen LogP contribution in [0.15, 0.2) is 0 Å². The molecule has 2 atom stereocenters. The standard InChI is InChI=1S/C11H25N3O2S/c1-3-13-10(2)11-6-4-5-7-14(11)8-9-17(12,15)16/h10-11,13H,3-9H2,1-2H3,(H2,12,15,16). The van der Waals surface area contributed by atoms with Crippen LogP contribution in [0.2, 0.25) is 0 Å². The fourth-order valence-corrected chi connectivity index (χ4v) is 3.05. The molecule has 1 aliphatic rings. The summed E-state index contributed by atoms with van der Waals surface area (Å²) < 4.78 is 22.0. The van der Waals surface area contributed by atoms with Gasteiger partial charge < -0.3 is 5.32 Å². The van der Waals surface area contributed by atoms with E-state index in [4.69, 9.17) is 5.14 Å². The van der Waals surface area contributed by atoms with Crippen molar-refractivity contribution in [3.05, 3.63) is 0 Å². The van der Waals surface area contributed by atoms with Crippen molar-refractivity contribution >= 4 is 10.0 Å². The van der Waals surface area contributed by atoms with Crippen LogP contribution in [0.4, 0.5) is 0 Å². The second kappa shape index (κ2) is 6.68. The van der Waals surface area contributed by atoms with Crippen LogP contribution in [0, 0.1) is 0 Å². The van der Waals surface area contributed by atoms with Gasteiger partial charge in [0.2, 0.25) is 10.0 Å². The summed E-state index contributed by atoms with van der Waals surface area (Å²) in [5, 5.41) is 8.48. The summed E-state index contributed by atoms with van der Waals surface area (Å²) >= 11 is 0. The summed E-state index contributed by atoms with van der Waals surface area (Å²) in [7, 11) is -3.35. The number of likely N-dealkylation sites (tertiary alicyclic amines) is 1. The maximum Gasteiger partial charge on any atom is 0.210 e. The molecule has 3 N–H and O–H groups in total. The SMILES string of the molecule is CCNC(C)C1CCCCN1CCS(N)(=O)=O. The highest BCUT2D eigenvalue weighted by atomic mass is 32.2. The number of nitrogens with zero attached hydrogens (tertiary/aromatic N) is 1.